The van der Waals surface area contributed by atoms with Crippen LogP contribution in [0.25, 0.3) is 0 Å². The summed E-state index contributed by atoms with van der Waals surface area (Å²) in [5, 5.41) is 3.03. The third kappa shape index (κ3) is 2.43. The smallest absolute Gasteiger partial charge is 0.262 e. The molecular weight excluding hydrogens is 290 g/mol. The normalized spacial score (nSPS) is 13.5. The zero-order valence-corrected chi connectivity index (χ0v) is 11.9. The van der Waals surface area contributed by atoms with Gasteiger partial charge in [-0.1, -0.05) is 12.1 Å². The first-order chi connectivity index (χ1) is 10.1. The van der Waals surface area contributed by atoms with Crippen molar-refractivity contribution in [2.45, 2.75) is 6.92 Å². The highest BCUT2D eigenvalue weighted by Crippen LogP contribution is 2.22. The average molecular weight is 301 g/mol. The largest absolute Gasteiger partial charge is 0.300 e. The molecule has 1 aliphatic rings. The van der Waals surface area contributed by atoms with Crippen LogP contribution in [0.2, 0.25) is 0 Å². The van der Waals surface area contributed by atoms with Gasteiger partial charge in [0.15, 0.2) is 5.13 Å². The number of amides is 3. The number of aromatic nitrogens is 1. The number of aryl methyl sites for hydroxylation is 1. The molecule has 3 amide bonds. The van der Waals surface area contributed by atoms with Gasteiger partial charge in [0.05, 0.1) is 11.1 Å². The molecule has 1 aromatic carbocycles. The van der Waals surface area contributed by atoms with Crippen molar-refractivity contribution in [1.29, 1.82) is 0 Å². The van der Waals surface area contributed by atoms with Gasteiger partial charge in [0.2, 0.25) is 5.91 Å². The molecule has 3 rings (SSSR count). The molecule has 0 radical (unpaired) electrons. The summed E-state index contributed by atoms with van der Waals surface area (Å²) in [5.41, 5.74) is 0.667. The minimum Gasteiger partial charge on any atom is -0.300 e. The van der Waals surface area contributed by atoms with E-state index in [-0.39, 0.29) is 6.54 Å². The first-order valence-electron chi connectivity index (χ1n) is 6.24. The van der Waals surface area contributed by atoms with E-state index in [4.69, 9.17) is 0 Å². The van der Waals surface area contributed by atoms with Crippen molar-refractivity contribution in [3.05, 3.63) is 46.5 Å². The highest BCUT2D eigenvalue weighted by molar-refractivity contribution is 7.15. The lowest BCUT2D eigenvalue weighted by Gasteiger charge is -2.12. The van der Waals surface area contributed by atoms with E-state index in [1.54, 1.807) is 30.5 Å². The van der Waals surface area contributed by atoms with Gasteiger partial charge in [0, 0.05) is 11.1 Å². The first kappa shape index (κ1) is 13.4. The summed E-state index contributed by atoms with van der Waals surface area (Å²) in [5.74, 6) is -1.33. The Bertz CT molecular complexity index is 718. The molecule has 7 heteroatoms. The van der Waals surface area contributed by atoms with Crippen molar-refractivity contribution in [3.8, 4) is 0 Å². The van der Waals surface area contributed by atoms with E-state index in [2.05, 4.69) is 10.3 Å². The fourth-order valence-corrected chi connectivity index (χ4v) is 2.78. The molecule has 0 spiro atoms. The predicted molar refractivity (Wildman–Crippen MR) is 77.3 cm³/mol. The molecule has 2 heterocycles. The van der Waals surface area contributed by atoms with Gasteiger partial charge in [-0.3, -0.25) is 19.3 Å². The monoisotopic (exact) mass is 301 g/mol. The van der Waals surface area contributed by atoms with Crippen LogP contribution in [0.15, 0.2) is 30.5 Å². The summed E-state index contributed by atoms with van der Waals surface area (Å²) < 4.78 is 0. The van der Waals surface area contributed by atoms with E-state index >= 15 is 0 Å². The Labute approximate surface area is 124 Å². The Morgan fingerprint density at radius 3 is 2.38 bits per heavy atom. The molecular formula is C14H11N3O3S. The van der Waals surface area contributed by atoms with Gasteiger partial charge in [-0.05, 0) is 19.1 Å². The summed E-state index contributed by atoms with van der Waals surface area (Å²) in [6.45, 7) is 1.56. The number of anilines is 1. The van der Waals surface area contributed by atoms with Crippen molar-refractivity contribution in [1.82, 2.24) is 9.88 Å². The number of carbonyl (C=O) groups excluding carboxylic acids is 3. The van der Waals surface area contributed by atoms with Crippen LogP contribution in [0.1, 0.15) is 25.6 Å². The van der Waals surface area contributed by atoms with Crippen LogP contribution in [-0.4, -0.2) is 34.2 Å². The first-order valence-corrected chi connectivity index (χ1v) is 7.05. The van der Waals surface area contributed by atoms with Crippen molar-refractivity contribution < 1.29 is 14.4 Å². The van der Waals surface area contributed by atoms with Gasteiger partial charge >= 0.3 is 0 Å². The quantitative estimate of drug-likeness (QED) is 0.875. The van der Waals surface area contributed by atoms with Crippen LogP contribution in [0.5, 0.6) is 0 Å². The number of carbonyl (C=O) groups is 3. The van der Waals surface area contributed by atoms with Gasteiger partial charge in [-0.25, -0.2) is 4.98 Å². The van der Waals surface area contributed by atoms with Crippen molar-refractivity contribution in [2.75, 3.05) is 11.9 Å². The zero-order chi connectivity index (χ0) is 15.0. The molecule has 0 fully saturated rings. The molecule has 1 N–H and O–H groups in total. The number of thiazole rings is 1. The lowest BCUT2D eigenvalue weighted by Crippen LogP contribution is -2.37. The maximum Gasteiger partial charge on any atom is 0.262 e. The summed E-state index contributed by atoms with van der Waals surface area (Å²) in [6.07, 6.45) is 1.64. The van der Waals surface area contributed by atoms with Gasteiger partial charge < -0.3 is 5.32 Å². The van der Waals surface area contributed by atoms with Crippen molar-refractivity contribution in [2.24, 2.45) is 0 Å². The molecule has 0 bridgehead atoms. The fourth-order valence-electron chi connectivity index (χ4n) is 2.10. The summed E-state index contributed by atoms with van der Waals surface area (Å²) in [4.78, 5) is 42.1. The highest BCUT2D eigenvalue weighted by Gasteiger charge is 2.36. The Balaban J connectivity index is 1.73. The summed E-state index contributed by atoms with van der Waals surface area (Å²) in [7, 11) is 0. The third-order valence-electron chi connectivity index (χ3n) is 3.05. The second kappa shape index (κ2) is 5.10. The molecule has 0 unspecified atom stereocenters. The molecule has 0 saturated carbocycles. The number of nitrogens with one attached hydrogen (secondary N) is 1. The zero-order valence-electron chi connectivity index (χ0n) is 11.1. The van der Waals surface area contributed by atoms with Crippen LogP contribution in [0.4, 0.5) is 5.13 Å². The SMILES string of the molecule is Cc1cnc(NC(=O)CN2C(=O)c3ccccc3C2=O)s1. The van der Waals surface area contributed by atoms with Crippen LogP contribution in [-0.2, 0) is 4.79 Å². The number of imide groups is 1. The number of hydrogen-bond donors (Lipinski definition) is 1. The second-order valence-electron chi connectivity index (χ2n) is 4.57. The van der Waals surface area contributed by atoms with Crippen LogP contribution in [0, 0.1) is 6.92 Å². The van der Waals surface area contributed by atoms with Gasteiger partial charge in [0.25, 0.3) is 11.8 Å². The maximum atomic E-state index is 12.1. The van der Waals surface area contributed by atoms with Crippen LogP contribution >= 0.6 is 11.3 Å². The lowest BCUT2D eigenvalue weighted by molar-refractivity contribution is -0.116. The number of nitrogens with zero attached hydrogens (tertiary/aromatic N) is 2. The number of rotatable bonds is 3. The van der Waals surface area contributed by atoms with E-state index in [0.29, 0.717) is 16.3 Å². The third-order valence-corrected chi connectivity index (χ3v) is 3.88. The summed E-state index contributed by atoms with van der Waals surface area (Å²) in [6, 6.07) is 6.53. The Kier molecular flexibility index (Phi) is 3.26. The molecule has 21 heavy (non-hydrogen) atoms. The Hall–Kier alpha value is -2.54. The molecule has 1 aromatic heterocycles. The van der Waals surface area contributed by atoms with E-state index in [1.807, 2.05) is 6.92 Å². The fraction of sp³-hybridized carbons (Fsp3) is 0.143. The topological polar surface area (TPSA) is 79.4 Å². The molecule has 106 valence electrons. The average Bonchev–Trinajstić information content (AvgIpc) is 2.97. The van der Waals surface area contributed by atoms with Crippen LogP contribution in [0.3, 0.4) is 0 Å². The molecule has 0 atom stereocenters. The maximum absolute atomic E-state index is 12.1. The van der Waals surface area contributed by atoms with Gasteiger partial charge in [-0.2, -0.15) is 0 Å². The Morgan fingerprint density at radius 1 is 1.24 bits per heavy atom. The molecule has 0 aliphatic carbocycles. The minimum absolute atomic E-state index is 0.315. The predicted octanol–water partition coefficient (Wildman–Crippen LogP) is 1.69. The number of hydrogen-bond acceptors (Lipinski definition) is 5. The van der Waals surface area contributed by atoms with E-state index in [9.17, 15) is 14.4 Å². The lowest BCUT2D eigenvalue weighted by atomic mass is 10.1. The van der Waals surface area contributed by atoms with E-state index in [0.717, 1.165) is 9.78 Å². The molecule has 0 saturated heterocycles. The second-order valence-corrected chi connectivity index (χ2v) is 5.80. The van der Waals surface area contributed by atoms with E-state index in [1.165, 1.54) is 11.3 Å². The highest BCUT2D eigenvalue weighted by atomic mass is 32.1. The molecule has 2 aromatic rings. The number of fused-ring (bicyclic) bond motifs is 1. The Morgan fingerprint density at radius 2 is 1.86 bits per heavy atom. The van der Waals surface area contributed by atoms with Gasteiger partial charge in [-0.15, -0.1) is 11.3 Å². The van der Waals surface area contributed by atoms with Crippen molar-refractivity contribution >= 4 is 34.2 Å². The molecule has 6 nitrogen and oxygen atoms in total. The summed E-state index contributed by atoms with van der Waals surface area (Å²) >= 11 is 1.33. The number of benzene rings is 1. The van der Waals surface area contributed by atoms with E-state index < -0.39 is 17.7 Å². The van der Waals surface area contributed by atoms with Crippen LogP contribution < -0.4 is 5.32 Å². The molecule has 1 aliphatic heterocycles. The van der Waals surface area contributed by atoms with Crippen molar-refractivity contribution in [3.63, 3.8) is 0 Å². The minimum atomic E-state index is -0.446. The standard InChI is InChI=1S/C14H11N3O3S/c1-8-6-15-14(21-8)16-11(18)7-17-12(19)9-4-2-3-5-10(9)13(17)20/h2-6H,7H2,1H3,(H,15,16,18). The van der Waals surface area contributed by atoms with Gasteiger partial charge in [0.1, 0.15) is 6.54 Å².